The molecule has 0 unspecified atom stereocenters. The van der Waals surface area contributed by atoms with E-state index >= 15 is 0 Å². The Morgan fingerprint density at radius 1 is 1.20 bits per heavy atom. The number of likely N-dealkylation sites (N-methyl/N-ethyl adjacent to an activating group) is 1. The van der Waals surface area contributed by atoms with E-state index in [0.717, 1.165) is 37.4 Å². The highest BCUT2D eigenvalue weighted by Crippen LogP contribution is 2.60. The van der Waals surface area contributed by atoms with Gasteiger partial charge in [0.15, 0.2) is 0 Å². The molecule has 4 saturated carbocycles. The lowest BCUT2D eigenvalue weighted by Gasteiger charge is -2.56. The predicted octanol–water partition coefficient (Wildman–Crippen LogP) is 1.33. The van der Waals surface area contributed by atoms with E-state index in [0.29, 0.717) is 5.41 Å². The van der Waals surface area contributed by atoms with Gasteiger partial charge in [-0.15, -0.1) is 5.10 Å². The highest BCUT2D eigenvalue weighted by atomic mass is 15.4. The number of rotatable bonds is 5. The van der Waals surface area contributed by atoms with E-state index in [1.807, 2.05) is 0 Å². The molecule has 2 N–H and O–H groups in total. The van der Waals surface area contributed by atoms with Gasteiger partial charge in [-0.05, 0) is 63.2 Å². The minimum atomic E-state index is 0.404. The molecule has 4 heteroatoms. The zero-order valence-corrected chi connectivity index (χ0v) is 12.6. The first-order valence-corrected chi connectivity index (χ1v) is 8.50. The van der Waals surface area contributed by atoms with E-state index in [1.165, 1.54) is 44.2 Å². The minimum Gasteiger partial charge on any atom is -0.345 e. The molecule has 1 aromatic heterocycles. The van der Waals surface area contributed by atoms with Crippen LogP contribution in [0.15, 0.2) is 6.20 Å². The normalized spacial score (nSPS) is 38.5. The minimum absolute atomic E-state index is 0.404. The lowest BCUT2D eigenvalue weighted by Crippen LogP contribution is -2.84. The van der Waals surface area contributed by atoms with Gasteiger partial charge in [-0.1, -0.05) is 5.21 Å². The van der Waals surface area contributed by atoms with Crippen LogP contribution in [0.3, 0.4) is 0 Å². The van der Waals surface area contributed by atoms with Crippen LogP contribution >= 0.6 is 0 Å². The summed E-state index contributed by atoms with van der Waals surface area (Å²) in [6.45, 7) is 5.45. The van der Waals surface area contributed by atoms with Gasteiger partial charge in [-0.3, -0.25) is 0 Å². The van der Waals surface area contributed by atoms with Crippen LogP contribution in [0.2, 0.25) is 0 Å². The molecule has 4 aliphatic carbocycles. The molecule has 110 valence electrons. The zero-order chi connectivity index (χ0) is 13.6. The summed E-state index contributed by atoms with van der Waals surface area (Å²) in [7, 11) is 0. The van der Waals surface area contributed by atoms with E-state index in [9.17, 15) is 0 Å². The van der Waals surface area contributed by atoms with Crippen LogP contribution in [0.1, 0.15) is 51.1 Å². The van der Waals surface area contributed by atoms with E-state index in [4.69, 9.17) is 0 Å². The van der Waals surface area contributed by atoms with Crippen molar-refractivity contribution in [2.45, 2.75) is 57.4 Å². The monoisotopic (exact) mass is 275 g/mol. The van der Waals surface area contributed by atoms with Crippen molar-refractivity contribution in [1.29, 1.82) is 0 Å². The smallest absolute Gasteiger partial charge is 0.0955 e. The van der Waals surface area contributed by atoms with E-state index in [1.54, 1.807) is 0 Å². The molecule has 0 atom stereocenters. The Bertz CT molecular complexity index is 443. The first kappa shape index (κ1) is 12.8. The standard InChI is InChI=1S/C16H26N4/c1-2-17-3-4-20-11-15(18-19-20)16-8-12-5-13(9-16)7-14(6-12)10-16/h11-14,17H,2-10H2,1H3/p+1. The fourth-order valence-corrected chi connectivity index (χ4v) is 5.50. The summed E-state index contributed by atoms with van der Waals surface area (Å²) in [4.78, 5) is 0. The summed E-state index contributed by atoms with van der Waals surface area (Å²) in [6.07, 6.45) is 10.9. The van der Waals surface area contributed by atoms with Crippen molar-refractivity contribution in [3.63, 3.8) is 0 Å². The van der Waals surface area contributed by atoms with Gasteiger partial charge in [0.1, 0.15) is 0 Å². The molecule has 5 rings (SSSR count). The Balaban J connectivity index is 1.52. The van der Waals surface area contributed by atoms with Gasteiger partial charge in [0.25, 0.3) is 0 Å². The summed E-state index contributed by atoms with van der Waals surface area (Å²) in [5.41, 5.74) is 1.72. The highest BCUT2D eigenvalue weighted by Gasteiger charge is 2.52. The summed E-state index contributed by atoms with van der Waals surface area (Å²) in [5.74, 6) is 2.96. The number of hydrogen-bond acceptors (Lipinski definition) is 2. The van der Waals surface area contributed by atoms with Crippen LogP contribution in [0, 0.1) is 17.8 Å². The van der Waals surface area contributed by atoms with Crippen molar-refractivity contribution in [2.75, 3.05) is 13.1 Å². The number of aromatic nitrogens is 3. The topological polar surface area (TPSA) is 47.3 Å². The fraction of sp³-hybridized carbons (Fsp3) is 0.875. The Hall–Kier alpha value is -0.900. The highest BCUT2D eigenvalue weighted by molar-refractivity contribution is 5.20. The maximum Gasteiger partial charge on any atom is 0.0955 e. The molecule has 0 saturated heterocycles. The van der Waals surface area contributed by atoms with Crippen molar-refractivity contribution >= 4 is 0 Å². The van der Waals surface area contributed by atoms with Crippen molar-refractivity contribution in [1.82, 2.24) is 15.0 Å². The Kier molecular flexibility index (Phi) is 3.09. The second-order valence-corrected chi connectivity index (χ2v) is 7.55. The van der Waals surface area contributed by atoms with Crippen LogP contribution in [-0.4, -0.2) is 28.1 Å². The van der Waals surface area contributed by atoms with Gasteiger partial charge >= 0.3 is 0 Å². The third-order valence-corrected chi connectivity index (χ3v) is 5.97. The molecule has 20 heavy (non-hydrogen) atoms. The average Bonchev–Trinajstić information content (AvgIpc) is 2.87. The molecule has 0 aromatic carbocycles. The maximum absolute atomic E-state index is 4.58. The largest absolute Gasteiger partial charge is 0.345 e. The summed E-state index contributed by atoms with van der Waals surface area (Å²) in [6, 6.07) is 0. The Labute approximate surface area is 121 Å². The SMILES string of the molecule is CC[NH2+]CCn1cc(C23CC4CC(CC(C4)C2)C3)nn1. The van der Waals surface area contributed by atoms with Crippen LogP contribution in [0.5, 0.6) is 0 Å². The van der Waals surface area contributed by atoms with Crippen LogP contribution in [0.25, 0.3) is 0 Å². The van der Waals surface area contributed by atoms with Gasteiger partial charge in [-0.25, -0.2) is 4.68 Å². The summed E-state index contributed by atoms with van der Waals surface area (Å²) >= 11 is 0. The van der Waals surface area contributed by atoms with Gasteiger partial charge in [0.2, 0.25) is 0 Å². The van der Waals surface area contributed by atoms with Crippen LogP contribution in [-0.2, 0) is 12.0 Å². The number of quaternary nitrogens is 1. The molecule has 4 fully saturated rings. The van der Waals surface area contributed by atoms with Crippen molar-refractivity contribution in [3.05, 3.63) is 11.9 Å². The molecule has 0 radical (unpaired) electrons. The first-order valence-electron chi connectivity index (χ1n) is 8.50. The van der Waals surface area contributed by atoms with Crippen LogP contribution < -0.4 is 5.32 Å². The number of hydrogen-bond donors (Lipinski definition) is 1. The van der Waals surface area contributed by atoms with E-state index in [2.05, 4.69) is 33.4 Å². The third kappa shape index (κ3) is 2.09. The molecular formula is C16H27N4+. The number of nitrogens with two attached hydrogens (primary N) is 1. The molecule has 0 spiro atoms. The molecule has 0 aliphatic heterocycles. The van der Waals surface area contributed by atoms with Crippen molar-refractivity contribution < 1.29 is 5.32 Å². The second kappa shape index (κ2) is 4.83. The molecule has 4 nitrogen and oxygen atoms in total. The lowest BCUT2D eigenvalue weighted by atomic mass is 9.49. The van der Waals surface area contributed by atoms with Gasteiger partial charge < -0.3 is 5.32 Å². The van der Waals surface area contributed by atoms with Gasteiger partial charge in [0, 0.05) is 11.6 Å². The summed E-state index contributed by atoms with van der Waals surface area (Å²) < 4.78 is 2.07. The first-order chi connectivity index (χ1) is 9.77. The molecule has 4 bridgehead atoms. The molecule has 1 heterocycles. The van der Waals surface area contributed by atoms with E-state index in [-0.39, 0.29) is 0 Å². The maximum atomic E-state index is 4.58. The zero-order valence-electron chi connectivity index (χ0n) is 12.6. The van der Waals surface area contributed by atoms with Crippen molar-refractivity contribution in [2.24, 2.45) is 17.8 Å². The van der Waals surface area contributed by atoms with Crippen molar-refractivity contribution in [3.8, 4) is 0 Å². The molecular weight excluding hydrogens is 248 g/mol. The molecule has 4 aliphatic rings. The van der Waals surface area contributed by atoms with E-state index < -0.39 is 0 Å². The molecule has 0 amide bonds. The summed E-state index contributed by atoms with van der Waals surface area (Å²) in [5, 5.41) is 11.3. The average molecular weight is 275 g/mol. The Morgan fingerprint density at radius 3 is 2.45 bits per heavy atom. The van der Waals surface area contributed by atoms with Gasteiger partial charge in [0.05, 0.1) is 25.3 Å². The second-order valence-electron chi connectivity index (χ2n) is 7.55. The predicted molar refractivity (Wildman–Crippen MR) is 77.2 cm³/mol. The fourth-order valence-electron chi connectivity index (χ4n) is 5.50. The number of nitrogens with zero attached hydrogens (tertiary/aromatic N) is 3. The molecule has 1 aromatic rings. The quantitative estimate of drug-likeness (QED) is 0.824. The van der Waals surface area contributed by atoms with Crippen LogP contribution in [0.4, 0.5) is 0 Å². The lowest BCUT2D eigenvalue weighted by molar-refractivity contribution is -0.652. The Morgan fingerprint density at radius 2 is 1.85 bits per heavy atom. The third-order valence-electron chi connectivity index (χ3n) is 5.97. The van der Waals surface area contributed by atoms with Gasteiger partial charge in [-0.2, -0.15) is 0 Å².